The number of thiophene rings is 1. The van der Waals surface area contributed by atoms with Gasteiger partial charge in [-0.3, -0.25) is 0 Å². The molecule has 2 heteroatoms. The van der Waals surface area contributed by atoms with Crippen LogP contribution in [0.1, 0.15) is 5.56 Å². The number of rotatable bonds is 4. The van der Waals surface area contributed by atoms with E-state index in [-0.39, 0.29) is 14.5 Å². The van der Waals surface area contributed by atoms with Crippen molar-refractivity contribution < 1.29 is 0 Å². The third-order valence-corrected chi connectivity index (χ3v) is 14.5. The van der Waals surface area contributed by atoms with Crippen molar-refractivity contribution in [1.82, 2.24) is 0 Å². The molecule has 0 aliphatic carbocycles. The molecule has 0 bridgehead atoms. The fraction of sp³-hybridized carbons (Fsp3) is 0.0196. The van der Waals surface area contributed by atoms with Crippen LogP contribution in [0.5, 0.6) is 0 Å². The molecule has 0 nitrogen and oxygen atoms in total. The quantitative estimate of drug-likeness (QED) is 0.124. The predicted octanol–water partition coefficient (Wildman–Crippen LogP) is 14.7. The van der Waals surface area contributed by atoms with Gasteiger partial charge in [0.15, 0.2) is 0 Å². The molecule has 0 aliphatic rings. The molecule has 0 saturated heterocycles. The van der Waals surface area contributed by atoms with E-state index < -0.39 is 0 Å². The summed E-state index contributed by atoms with van der Waals surface area (Å²) in [7, 11) is 0. The zero-order chi connectivity index (χ0) is 35.0. The summed E-state index contributed by atoms with van der Waals surface area (Å²) in [4.78, 5) is 0. The van der Waals surface area contributed by atoms with Crippen LogP contribution in [0.15, 0.2) is 175 Å². The van der Waals surface area contributed by atoms with E-state index in [2.05, 4.69) is 181 Å². The molecular formula is C51H32SSe. The van der Waals surface area contributed by atoms with Gasteiger partial charge < -0.3 is 0 Å². The van der Waals surface area contributed by atoms with Gasteiger partial charge in [0.05, 0.1) is 0 Å². The Morgan fingerprint density at radius 1 is 0.358 bits per heavy atom. The molecule has 0 aliphatic heterocycles. The number of hydrogen-bond donors (Lipinski definition) is 0. The van der Waals surface area contributed by atoms with Crippen molar-refractivity contribution in [3.8, 4) is 44.5 Å². The summed E-state index contributed by atoms with van der Waals surface area (Å²) in [6.07, 6.45) is 0. The molecule has 0 N–H and O–H groups in total. The summed E-state index contributed by atoms with van der Waals surface area (Å²) >= 11 is 1.92. The van der Waals surface area contributed by atoms with Crippen molar-refractivity contribution in [2.75, 3.05) is 0 Å². The molecule has 11 rings (SSSR count). The fourth-order valence-electron chi connectivity index (χ4n) is 8.83. The van der Waals surface area contributed by atoms with Crippen LogP contribution in [0.3, 0.4) is 0 Å². The van der Waals surface area contributed by atoms with Crippen molar-refractivity contribution in [3.63, 3.8) is 0 Å². The zero-order valence-electron chi connectivity index (χ0n) is 29.1. The first kappa shape index (κ1) is 30.8. The van der Waals surface area contributed by atoms with E-state index in [4.69, 9.17) is 0 Å². The number of benzene rings is 9. The summed E-state index contributed by atoms with van der Waals surface area (Å²) in [5, 5.41) is 17.8. The topological polar surface area (TPSA) is 0 Å². The maximum atomic E-state index is 2.51. The molecule has 11 aromatic rings. The SMILES string of the molecule is Cc1cscc1-c1c2ccccc2c(-c2ccc3c(c2)[se]c2c(-c4c5ccccc5c(-c5ccccc5)c5ccccc45)cccc23)c2ccccc12. The van der Waals surface area contributed by atoms with Crippen LogP contribution in [0.2, 0.25) is 0 Å². The van der Waals surface area contributed by atoms with Gasteiger partial charge in [-0.15, -0.1) is 0 Å². The summed E-state index contributed by atoms with van der Waals surface area (Å²) < 4.78 is 2.94. The Morgan fingerprint density at radius 2 is 0.830 bits per heavy atom. The summed E-state index contributed by atoms with van der Waals surface area (Å²) in [5.74, 6) is 0. The Labute approximate surface area is 318 Å². The fourth-order valence-corrected chi connectivity index (χ4v) is 12.3. The molecule has 2 aromatic heterocycles. The molecule has 0 spiro atoms. The normalized spacial score (nSPS) is 11.9. The van der Waals surface area contributed by atoms with Crippen molar-refractivity contribution in [3.05, 3.63) is 180 Å². The Hall–Kier alpha value is -5.76. The van der Waals surface area contributed by atoms with Gasteiger partial charge in [-0.25, -0.2) is 0 Å². The van der Waals surface area contributed by atoms with Gasteiger partial charge in [-0.1, -0.05) is 0 Å². The summed E-state index contributed by atoms with van der Waals surface area (Å²) in [5.41, 5.74) is 11.9. The Balaban J connectivity index is 1.18. The summed E-state index contributed by atoms with van der Waals surface area (Å²) in [6, 6.07) is 61.3. The third kappa shape index (κ3) is 4.67. The minimum atomic E-state index is 0.136. The van der Waals surface area contributed by atoms with E-state index in [1.54, 1.807) is 11.3 Å². The van der Waals surface area contributed by atoms with E-state index in [9.17, 15) is 0 Å². The van der Waals surface area contributed by atoms with Crippen molar-refractivity contribution in [1.29, 1.82) is 0 Å². The minimum absolute atomic E-state index is 0.136. The number of hydrogen-bond acceptors (Lipinski definition) is 1. The first-order valence-electron chi connectivity index (χ1n) is 18.2. The molecule has 2 heterocycles. The van der Waals surface area contributed by atoms with E-state index in [0.29, 0.717) is 0 Å². The van der Waals surface area contributed by atoms with Crippen LogP contribution in [-0.2, 0) is 0 Å². The van der Waals surface area contributed by atoms with Gasteiger partial charge in [0.1, 0.15) is 0 Å². The van der Waals surface area contributed by atoms with Crippen molar-refractivity contribution in [2.45, 2.75) is 6.92 Å². The first-order valence-corrected chi connectivity index (χ1v) is 20.8. The molecule has 9 aromatic carbocycles. The average molecular weight is 756 g/mol. The molecule has 0 fully saturated rings. The number of aryl methyl sites for hydroxylation is 1. The van der Waals surface area contributed by atoms with Gasteiger partial charge in [0, 0.05) is 0 Å². The van der Waals surface area contributed by atoms with E-state index in [1.165, 1.54) is 112 Å². The second-order valence-electron chi connectivity index (χ2n) is 14.0. The van der Waals surface area contributed by atoms with Crippen LogP contribution in [0.4, 0.5) is 0 Å². The van der Waals surface area contributed by atoms with Crippen LogP contribution >= 0.6 is 11.3 Å². The molecule has 0 saturated carbocycles. The van der Waals surface area contributed by atoms with Gasteiger partial charge >= 0.3 is 320 Å². The standard InChI is InChI=1S/C51H32SSe/c1-31-29-52-30-45(31)50-41-22-11-7-18-37(41)48(38-19-8-12-23-42(38)50)33-26-27-34-43-24-13-25-44(51(43)53-46(34)28-33)49-39-20-9-5-16-35(39)47(32-14-3-2-4-15-32)36-17-6-10-21-40(36)49/h2-30H,1H3. The van der Waals surface area contributed by atoms with Gasteiger partial charge in [-0.05, 0) is 0 Å². The van der Waals surface area contributed by atoms with Crippen LogP contribution < -0.4 is 0 Å². The molecule has 0 atom stereocenters. The molecule has 0 unspecified atom stereocenters. The maximum absolute atomic E-state index is 2.51. The van der Waals surface area contributed by atoms with Gasteiger partial charge in [-0.2, -0.15) is 0 Å². The molecule has 248 valence electrons. The molecular weight excluding hydrogens is 724 g/mol. The molecule has 0 amide bonds. The van der Waals surface area contributed by atoms with Gasteiger partial charge in [0.2, 0.25) is 0 Å². The first-order chi connectivity index (χ1) is 26.2. The zero-order valence-corrected chi connectivity index (χ0v) is 31.6. The molecule has 0 radical (unpaired) electrons. The van der Waals surface area contributed by atoms with E-state index >= 15 is 0 Å². The second-order valence-corrected chi connectivity index (χ2v) is 17.0. The Bertz CT molecular complexity index is 3120. The van der Waals surface area contributed by atoms with Crippen LogP contribution in [0, 0.1) is 6.92 Å². The van der Waals surface area contributed by atoms with E-state index in [1.807, 2.05) is 0 Å². The Morgan fingerprint density at radius 3 is 1.36 bits per heavy atom. The van der Waals surface area contributed by atoms with E-state index in [0.717, 1.165) is 0 Å². The summed E-state index contributed by atoms with van der Waals surface area (Å²) in [6.45, 7) is 2.24. The van der Waals surface area contributed by atoms with Gasteiger partial charge in [0.25, 0.3) is 0 Å². The molecule has 53 heavy (non-hydrogen) atoms. The van der Waals surface area contributed by atoms with Crippen LogP contribution in [0.25, 0.3) is 107 Å². The van der Waals surface area contributed by atoms with Crippen LogP contribution in [-0.4, -0.2) is 14.5 Å². The number of fused-ring (bicyclic) bond motifs is 7. The van der Waals surface area contributed by atoms with Crippen molar-refractivity contribution >= 4 is 88.2 Å². The Kier molecular flexibility index (Phi) is 7.07. The second kappa shape index (κ2) is 12.2. The monoisotopic (exact) mass is 756 g/mol. The average Bonchev–Trinajstić information content (AvgIpc) is 3.81. The third-order valence-electron chi connectivity index (χ3n) is 11.1. The van der Waals surface area contributed by atoms with Crippen molar-refractivity contribution in [2.24, 2.45) is 0 Å². The predicted molar refractivity (Wildman–Crippen MR) is 233 cm³/mol.